The zero-order valence-corrected chi connectivity index (χ0v) is 12.2. The van der Waals surface area contributed by atoms with Gasteiger partial charge < -0.3 is 10.4 Å². The quantitative estimate of drug-likeness (QED) is 0.597. The molecule has 0 saturated heterocycles. The molecule has 2 aliphatic rings. The van der Waals surface area contributed by atoms with E-state index in [1.54, 1.807) is 0 Å². The van der Waals surface area contributed by atoms with Crippen molar-refractivity contribution in [1.82, 2.24) is 10.2 Å². The Balaban J connectivity index is 1.73. The van der Waals surface area contributed by atoms with Crippen LogP contribution in [0.2, 0.25) is 0 Å². The molecule has 0 aromatic rings. The molecule has 3 heteroatoms. The van der Waals surface area contributed by atoms with E-state index in [1.807, 2.05) is 0 Å². The zero-order valence-electron chi connectivity index (χ0n) is 12.2. The van der Waals surface area contributed by atoms with Crippen LogP contribution in [0, 0.1) is 5.92 Å². The lowest BCUT2D eigenvalue weighted by atomic mass is 10.1. The fraction of sp³-hybridized carbons (Fsp3) is 0.529. The Morgan fingerprint density at radius 2 is 2.05 bits per heavy atom. The summed E-state index contributed by atoms with van der Waals surface area (Å²) in [7, 11) is 0. The second kappa shape index (κ2) is 8.90. The van der Waals surface area contributed by atoms with Crippen LogP contribution in [0.4, 0.5) is 0 Å². The van der Waals surface area contributed by atoms with Crippen molar-refractivity contribution in [3.8, 4) is 0 Å². The molecule has 0 aromatic heterocycles. The Morgan fingerprint density at radius 3 is 2.75 bits per heavy atom. The van der Waals surface area contributed by atoms with Crippen LogP contribution in [-0.2, 0) is 0 Å². The van der Waals surface area contributed by atoms with E-state index in [-0.39, 0.29) is 6.61 Å². The number of nitrogens with zero attached hydrogens (tertiary/aromatic N) is 1. The lowest BCUT2D eigenvalue weighted by Gasteiger charge is -2.25. The van der Waals surface area contributed by atoms with Gasteiger partial charge in [0.1, 0.15) is 0 Å². The van der Waals surface area contributed by atoms with Crippen molar-refractivity contribution in [3.05, 3.63) is 48.1 Å². The monoisotopic (exact) mass is 274 g/mol. The maximum absolute atomic E-state index is 8.77. The van der Waals surface area contributed by atoms with Crippen molar-refractivity contribution in [2.24, 2.45) is 5.92 Å². The first-order valence-electron chi connectivity index (χ1n) is 7.62. The van der Waals surface area contributed by atoms with E-state index in [1.165, 1.54) is 5.57 Å². The van der Waals surface area contributed by atoms with Gasteiger partial charge in [-0.2, -0.15) is 0 Å². The highest BCUT2D eigenvalue weighted by molar-refractivity contribution is 5.24. The number of allylic oxidation sites excluding steroid dienone is 5. The Morgan fingerprint density at radius 1 is 1.20 bits per heavy atom. The minimum atomic E-state index is 0.271. The van der Waals surface area contributed by atoms with E-state index >= 15 is 0 Å². The van der Waals surface area contributed by atoms with Crippen LogP contribution in [0.15, 0.2) is 48.1 Å². The van der Waals surface area contributed by atoms with Crippen LogP contribution in [-0.4, -0.2) is 49.3 Å². The Bertz CT molecular complexity index is 384. The van der Waals surface area contributed by atoms with Gasteiger partial charge in [-0.25, -0.2) is 0 Å². The van der Waals surface area contributed by atoms with Gasteiger partial charge in [0.25, 0.3) is 0 Å². The molecule has 0 aromatic carbocycles. The molecule has 0 spiro atoms. The van der Waals surface area contributed by atoms with Gasteiger partial charge in [0, 0.05) is 38.7 Å². The number of rotatable bonds is 10. The van der Waals surface area contributed by atoms with Crippen LogP contribution >= 0.6 is 0 Å². The third-order valence-corrected chi connectivity index (χ3v) is 3.69. The summed E-state index contributed by atoms with van der Waals surface area (Å²) in [6.07, 6.45) is 17.4. The van der Waals surface area contributed by atoms with Gasteiger partial charge in [-0.15, -0.1) is 0 Å². The summed E-state index contributed by atoms with van der Waals surface area (Å²) in [6.45, 7) is 5.37. The smallest absolute Gasteiger partial charge is 0.0443 e. The van der Waals surface area contributed by atoms with E-state index in [2.05, 4.69) is 52.7 Å². The van der Waals surface area contributed by atoms with Gasteiger partial charge in [-0.3, -0.25) is 4.90 Å². The molecule has 0 amide bonds. The summed E-state index contributed by atoms with van der Waals surface area (Å²) < 4.78 is 0. The van der Waals surface area contributed by atoms with Crippen molar-refractivity contribution in [2.75, 3.05) is 39.3 Å². The zero-order chi connectivity index (χ0) is 14.0. The lowest BCUT2D eigenvalue weighted by Crippen LogP contribution is -2.36. The van der Waals surface area contributed by atoms with Crippen LogP contribution in [0.1, 0.15) is 12.8 Å². The molecule has 2 rings (SSSR count). The normalized spacial score (nSPS) is 17.6. The standard InChI is InChI=1S/C17H26N2O/c20-13-5-10-18-11-12-19(14-16-6-1-2-7-16)15-17-8-3-4-9-17/h1-4,6-8,16,18,20H,5,9-15H2. The molecule has 0 heterocycles. The molecular weight excluding hydrogens is 248 g/mol. The van der Waals surface area contributed by atoms with Gasteiger partial charge >= 0.3 is 0 Å². The average Bonchev–Trinajstić information content (AvgIpc) is 3.12. The second-order valence-electron chi connectivity index (χ2n) is 5.45. The molecule has 0 bridgehead atoms. The number of aliphatic hydroxyl groups is 1. The highest BCUT2D eigenvalue weighted by Crippen LogP contribution is 2.15. The third-order valence-electron chi connectivity index (χ3n) is 3.69. The van der Waals surface area contributed by atoms with Crippen molar-refractivity contribution < 1.29 is 5.11 Å². The fourth-order valence-corrected chi connectivity index (χ4v) is 2.59. The first-order valence-corrected chi connectivity index (χ1v) is 7.62. The number of nitrogens with one attached hydrogen (secondary N) is 1. The summed E-state index contributed by atoms with van der Waals surface area (Å²) in [6, 6.07) is 0. The molecular formula is C17H26N2O. The largest absolute Gasteiger partial charge is 0.396 e. The van der Waals surface area contributed by atoms with E-state index in [9.17, 15) is 0 Å². The van der Waals surface area contributed by atoms with E-state index in [0.29, 0.717) is 5.92 Å². The highest BCUT2D eigenvalue weighted by Gasteiger charge is 2.13. The molecule has 0 radical (unpaired) electrons. The van der Waals surface area contributed by atoms with E-state index in [4.69, 9.17) is 5.11 Å². The van der Waals surface area contributed by atoms with Crippen molar-refractivity contribution >= 4 is 0 Å². The van der Waals surface area contributed by atoms with Crippen LogP contribution in [0.5, 0.6) is 0 Å². The Labute approximate surface area is 122 Å². The van der Waals surface area contributed by atoms with Gasteiger partial charge in [-0.1, -0.05) is 48.1 Å². The van der Waals surface area contributed by atoms with E-state index < -0.39 is 0 Å². The molecule has 0 saturated carbocycles. The van der Waals surface area contributed by atoms with Crippen LogP contribution in [0.25, 0.3) is 0 Å². The molecule has 3 nitrogen and oxygen atoms in total. The molecule has 20 heavy (non-hydrogen) atoms. The maximum atomic E-state index is 8.77. The molecule has 0 unspecified atom stereocenters. The summed E-state index contributed by atoms with van der Waals surface area (Å²) in [5, 5.41) is 12.2. The SMILES string of the molecule is OCCCNCCN(CC1=CC=CC1)CC1C=CC=C1. The maximum Gasteiger partial charge on any atom is 0.0443 e. The van der Waals surface area contributed by atoms with Crippen LogP contribution in [0.3, 0.4) is 0 Å². The summed E-state index contributed by atoms with van der Waals surface area (Å²) in [5.41, 5.74) is 1.51. The van der Waals surface area contributed by atoms with Crippen molar-refractivity contribution in [2.45, 2.75) is 12.8 Å². The molecule has 110 valence electrons. The van der Waals surface area contributed by atoms with Crippen molar-refractivity contribution in [3.63, 3.8) is 0 Å². The first kappa shape index (κ1) is 15.2. The van der Waals surface area contributed by atoms with E-state index in [0.717, 1.165) is 45.6 Å². The Kier molecular flexibility index (Phi) is 6.78. The summed E-state index contributed by atoms with van der Waals surface area (Å²) in [4.78, 5) is 2.52. The molecule has 0 aliphatic heterocycles. The lowest BCUT2D eigenvalue weighted by molar-refractivity contribution is 0.270. The van der Waals surface area contributed by atoms with Gasteiger partial charge in [-0.05, 0) is 19.4 Å². The average molecular weight is 274 g/mol. The number of hydrogen-bond acceptors (Lipinski definition) is 3. The topological polar surface area (TPSA) is 35.5 Å². The van der Waals surface area contributed by atoms with Crippen LogP contribution < -0.4 is 5.32 Å². The fourth-order valence-electron chi connectivity index (χ4n) is 2.59. The second-order valence-corrected chi connectivity index (χ2v) is 5.45. The Hall–Kier alpha value is -1.16. The molecule has 2 aliphatic carbocycles. The molecule has 0 fully saturated rings. The van der Waals surface area contributed by atoms with Gasteiger partial charge in [0.05, 0.1) is 0 Å². The predicted octanol–water partition coefficient (Wildman–Crippen LogP) is 1.89. The predicted molar refractivity (Wildman–Crippen MR) is 84.6 cm³/mol. The molecule has 2 N–H and O–H groups in total. The summed E-state index contributed by atoms with van der Waals surface area (Å²) in [5.74, 6) is 0.558. The minimum Gasteiger partial charge on any atom is -0.396 e. The van der Waals surface area contributed by atoms with Crippen molar-refractivity contribution in [1.29, 1.82) is 0 Å². The number of hydrogen-bond donors (Lipinski definition) is 2. The highest BCUT2D eigenvalue weighted by atomic mass is 16.3. The summed E-state index contributed by atoms with van der Waals surface area (Å²) >= 11 is 0. The van der Waals surface area contributed by atoms with Gasteiger partial charge in [0.2, 0.25) is 0 Å². The minimum absolute atomic E-state index is 0.271. The molecule has 0 atom stereocenters. The third kappa shape index (κ3) is 5.45. The van der Waals surface area contributed by atoms with Gasteiger partial charge in [0.15, 0.2) is 0 Å². The first-order chi connectivity index (χ1) is 9.88. The number of aliphatic hydroxyl groups excluding tert-OH is 1.